The first-order valence-electron chi connectivity index (χ1n) is 6.20. The van der Waals surface area contributed by atoms with E-state index in [1.165, 1.54) is 0 Å². The summed E-state index contributed by atoms with van der Waals surface area (Å²) >= 11 is 3.47. The largest absolute Gasteiger partial charge is 0.481 e. The Bertz CT molecular complexity index is 448. The molecule has 104 valence electrons. The van der Waals surface area contributed by atoms with Crippen LogP contribution in [0.3, 0.4) is 0 Å². The molecule has 1 rings (SSSR count). The van der Waals surface area contributed by atoms with Crippen molar-refractivity contribution in [2.45, 2.75) is 25.7 Å². The Morgan fingerprint density at radius 3 is 2.58 bits per heavy atom. The normalized spacial score (nSPS) is 10.2. The summed E-state index contributed by atoms with van der Waals surface area (Å²) in [5.74, 6) is -0.864. The number of benzene rings is 1. The lowest BCUT2D eigenvalue weighted by Gasteiger charge is -2.17. The highest BCUT2D eigenvalue weighted by Gasteiger charge is 2.10. The zero-order valence-corrected chi connectivity index (χ0v) is 12.5. The van der Waals surface area contributed by atoms with E-state index in [0.29, 0.717) is 19.4 Å². The van der Waals surface area contributed by atoms with Gasteiger partial charge in [0.2, 0.25) is 5.91 Å². The van der Waals surface area contributed by atoms with E-state index in [0.717, 1.165) is 16.5 Å². The molecule has 0 bridgehead atoms. The number of aliphatic carboxylic acids is 1. The third kappa shape index (κ3) is 5.87. The number of nitrogens with zero attached hydrogens (tertiary/aromatic N) is 1. The van der Waals surface area contributed by atoms with E-state index in [2.05, 4.69) is 15.9 Å². The molecule has 0 spiro atoms. The molecule has 0 aliphatic heterocycles. The quantitative estimate of drug-likeness (QED) is 0.837. The summed E-state index contributed by atoms with van der Waals surface area (Å²) in [5, 5.41) is 8.52. The fraction of sp³-hybridized carbons (Fsp3) is 0.429. The Morgan fingerprint density at radius 1 is 1.26 bits per heavy atom. The third-order valence-corrected chi connectivity index (χ3v) is 3.66. The monoisotopic (exact) mass is 327 g/mol. The van der Waals surface area contributed by atoms with Gasteiger partial charge in [-0.15, -0.1) is 0 Å². The number of likely N-dealkylation sites (N-methyl/N-ethyl adjacent to an activating group) is 1. The van der Waals surface area contributed by atoms with Gasteiger partial charge in [-0.2, -0.15) is 0 Å². The van der Waals surface area contributed by atoms with Crippen molar-refractivity contribution in [3.05, 3.63) is 34.3 Å². The molecule has 0 heterocycles. The lowest BCUT2D eigenvalue weighted by Crippen LogP contribution is -2.28. The number of carbonyl (C=O) groups is 2. The van der Waals surface area contributed by atoms with E-state index in [4.69, 9.17) is 5.11 Å². The zero-order valence-electron chi connectivity index (χ0n) is 10.9. The van der Waals surface area contributed by atoms with Crippen LogP contribution >= 0.6 is 15.9 Å². The summed E-state index contributed by atoms with van der Waals surface area (Å²) in [5.41, 5.74) is 1.16. The van der Waals surface area contributed by atoms with Crippen molar-refractivity contribution in [2.75, 3.05) is 13.6 Å². The first kappa shape index (κ1) is 15.7. The van der Waals surface area contributed by atoms with Gasteiger partial charge in [0, 0.05) is 30.9 Å². The van der Waals surface area contributed by atoms with Crippen molar-refractivity contribution in [1.29, 1.82) is 0 Å². The summed E-state index contributed by atoms with van der Waals surface area (Å²) in [6.45, 7) is 0.633. The Balaban J connectivity index is 2.34. The van der Waals surface area contributed by atoms with Gasteiger partial charge in [-0.05, 0) is 24.5 Å². The Kier molecular flexibility index (Phi) is 6.56. The second-order valence-corrected chi connectivity index (χ2v) is 5.26. The topological polar surface area (TPSA) is 57.6 Å². The highest BCUT2D eigenvalue weighted by atomic mass is 79.9. The molecule has 1 amide bonds. The van der Waals surface area contributed by atoms with E-state index in [-0.39, 0.29) is 12.3 Å². The molecule has 0 atom stereocenters. The number of halogens is 1. The summed E-state index contributed by atoms with van der Waals surface area (Å²) in [6, 6.07) is 7.92. The maximum Gasteiger partial charge on any atom is 0.303 e. The van der Waals surface area contributed by atoms with Gasteiger partial charge in [0.25, 0.3) is 0 Å². The predicted molar refractivity (Wildman–Crippen MR) is 77.0 cm³/mol. The summed E-state index contributed by atoms with van der Waals surface area (Å²) in [7, 11) is 1.75. The van der Waals surface area contributed by atoms with Gasteiger partial charge in [0.15, 0.2) is 0 Å². The van der Waals surface area contributed by atoms with Crippen molar-refractivity contribution in [3.63, 3.8) is 0 Å². The van der Waals surface area contributed by atoms with Gasteiger partial charge in [0.1, 0.15) is 0 Å². The van der Waals surface area contributed by atoms with Crippen LogP contribution in [0.1, 0.15) is 24.8 Å². The Morgan fingerprint density at radius 2 is 1.95 bits per heavy atom. The zero-order chi connectivity index (χ0) is 14.3. The number of amides is 1. The van der Waals surface area contributed by atoms with Crippen LogP contribution in [-0.2, 0) is 16.0 Å². The molecule has 1 aromatic carbocycles. The first-order chi connectivity index (χ1) is 9.00. The molecular weight excluding hydrogens is 310 g/mol. The van der Waals surface area contributed by atoms with Crippen LogP contribution in [0, 0.1) is 0 Å². The maximum absolute atomic E-state index is 11.8. The van der Waals surface area contributed by atoms with Gasteiger partial charge >= 0.3 is 5.97 Å². The van der Waals surface area contributed by atoms with E-state index in [9.17, 15) is 9.59 Å². The number of hydrogen-bond acceptors (Lipinski definition) is 2. The standard InChI is InChI=1S/C14H18BrNO3/c1-16(13(17)7-4-8-14(18)19)10-9-11-5-2-3-6-12(11)15/h2-3,5-6H,4,7-10H2,1H3,(H,18,19). The van der Waals surface area contributed by atoms with Crippen molar-refractivity contribution in [3.8, 4) is 0 Å². The van der Waals surface area contributed by atoms with Gasteiger partial charge < -0.3 is 10.0 Å². The molecule has 0 saturated carbocycles. The molecule has 5 heteroatoms. The predicted octanol–water partition coefficient (Wildman–Crippen LogP) is 2.70. The van der Waals surface area contributed by atoms with E-state index >= 15 is 0 Å². The van der Waals surface area contributed by atoms with Gasteiger partial charge in [-0.1, -0.05) is 34.1 Å². The molecule has 0 unspecified atom stereocenters. The van der Waals surface area contributed by atoms with Crippen LogP contribution in [0.5, 0.6) is 0 Å². The number of rotatable bonds is 7. The smallest absolute Gasteiger partial charge is 0.303 e. The molecule has 0 aromatic heterocycles. The molecule has 4 nitrogen and oxygen atoms in total. The van der Waals surface area contributed by atoms with E-state index in [1.54, 1.807) is 11.9 Å². The molecular formula is C14H18BrNO3. The third-order valence-electron chi connectivity index (χ3n) is 2.88. The highest BCUT2D eigenvalue weighted by Crippen LogP contribution is 2.16. The molecule has 1 N–H and O–H groups in total. The summed E-state index contributed by atoms with van der Waals surface area (Å²) < 4.78 is 1.04. The van der Waals surface area contributed by atoms with Crippen LogP contribution in [0.15, 0.2) is 28.7 Å². The van der Waals surface area contributed by atoms with Gasteiger partial charge in [-0.25, -0.2) is 0 Å². The fourth-order valence-electron chi connectivity index (χ4n) is 1.70. The molecule has 0 aliphatic carbocycles. The number of carboxylic acids is 1. The molecule has 0 aliphatic rings. The SMILES string of the molecule is CN(CCc1ccccc1Br)C(=O)CCCC(=O)O. The minimum absolute atomic E-state index is 0.00620. The number of carboxylic acid groups (broad SMARTS) is 1. The summed E-state index contributed by atoms with van der Waals surface area (Å²) in [4.78, 5) is 23.8. The van der Waals surface area contributed by atoms with Crippen LogP contribution in [0.25, 0.3) is 0 Å². The second-order valence-electron chi connectivity index (χ2n) is 4.40. The number of carbonyl (C=O) groups excluding carboxylic acids is 1. The minimum atomic E-state index is -0.858. The van der Waals surface area contributed by atoms with Crippen molar-refractivity contribution in [2.24, 2.45) is 0 Å². The highest BCUT2D eigenvalue weighted by molar-refractivity contribution is 9.10. The second kappa shape index (κ2) is 7.94. The average molecular weight is 328 g/mol. The molecule has 0 fully saturated rings. The van der Waals surface area contributed by atoms with Crippen LogP contribution < -0.4 is 0 Å². The molecule has 1 aromatic rings. The van der Waals surface area contributed by atoms with Crippen molar-refractivity contribution < 1.29 is 14.7 Å². The summed E-state index contributed by atoms with van der Waals surface area (Å²) in [6.07, 6.45) is 1.51. The fourth-order valence-corrected chi connectivity index (χ4v) is 2.18. The number of hydrogen-bond donors (Lipinski definition) is 1. The lowest BCUT2D eigenvalue weighted by molar-refractivity contribution is -0.137. The average Bonchev–Trinajstić information content (AvgIpc) is 2.36. The Labute approximate surface area is 121 Å². The van der Waals surface area contributed by atoms with Crippen molar-refractivity contribution in [1.82, 2.24) is 4.90 Å². The lowest BCUT2D eigenvalue weighted by atomic mass is 10.1. The van der Waals surface area contributed by atoms with Gasteiger partial charge in [-0.3, -0.25) is 9.59 Å². The van der Waals surface area contributed by atoms with Crippen LogP contribution in [0.2, 0.25) is 0 Å². The Hall–Kier alpha value is -1.36. The minimum Gasteiger partial charge on any atom is -0.481 e. The van der Waals surface area contributed by atoms with E-state index in [1.807, 2.05) is 24.3 Å². The van der Waals surface area contributed by atoms with Crippen LogP contribution in [0.4, 0.5) is 0 Å². The van der Waals surface area contributed by atoms with Crippen molar-refractivity contribution >= 4 is 27.8 Å². The first-order valence-corrected chi connectivity index (χ1v) is 6.99. The van der Waals surface area contributed by atoms with Gasteiger partial charge in [0.05, 0.1) is 0 Å². The van der Waals surface area contributed by atoms with E-state index < -0.39 is 5.97 Å². The molecule has 0 radical (unpaired) electrons. The molecule has 0 saturated heterocycles. The van der Waals surface area contributed by atoms with Crippen LogP contribution in [-0.4, -0.2) is 35.5 Å². The molecule has 19 heavy (non-hydrogen) atoms. The maximum atomic E-state index is 11.8.